The van der Waals surface area contributed by atoms with Gasteiger partial charge in [0.05, 0.1) is 0 Å². The molecule has 94 valence electrons. The van der Waals surface area contributed by atoms with Crippen LogP contribution >= 0.6 is 0 Å². The number of carboxylic acids is 1. The predicted molar refractivity (Wildman–Crippen MR) is 62.9 cm³/mol. The van der Waals surface area contributed by atoms with Crippen molar-refractivity contribution in [3.8, 4) is 0 Å². The van der Waals surface area contributed by atoms with E-state index in [0.717, 1.165) is 25.2 Å². The van der Waals surface area contributed by atoms with Crippen LogP contribution in [0.5, 0.6) is 0 Å². The minimum atomic E-state index is -0.920. The van der Waals surface area contributed by atoms with Gasteiger partial charge in [-0.25, -0.2) is 4.98 Å². The molecule has 2 rings (SSSR count). The molecule has 0 amide bonds. The lowest BCUT2D eigenvalue weighted by molar-refractivity contribution is -0.139. The van der Waals surface area contributed by atoms with E-state index in [0.29, 0.717) is 11.7 Å². The van der Waals surface area contributed by atoms with Crippen molar-refractivity contribution in [1.29, 1.82) is 0 Å². The van der Waals surface area contributed by atoms with Crippen molar-refractivity contribution in [2.24, 2.45) is 0 Å². The van der Waals surface area contributed by atoms with Crippen molar-refractivity contribution in [3.05, 3.63) is 17.7 Å². The summed E-state index contributed by atoms with van der Waals surface area (Å²) in [4.78, 5) is 20.5. The SMILES string of the molecule is CNC(C(=O)O)c1ncc(C2CCN(C)C2)[nH]1. The first kappa shape index (κ1) is 12.1. The van der Waals surface area contributed by atoms with Crippen molar-refractivity contribution in [3.63, 3.8) is 0 Å². The Bertz CT molecular complexity index is 404. The number of imidazole rings is 1. The molecule has 0 spiro atoms. The third-order valence-electron chi connectivity index (χ3n) is 3.26. The Labute approximate surface area is 100 Å². The van der Waals surface area contributed by atoms with Gasteiger partial charge in [-0.2, -0.15) is 0 Å². The third-order valence-corrected chi connectivity index (χ3v) is 3.26. The standard InChI is InChI=1S/C11H18N4O2/c1-12-9(11(16)17)10-13-5-8(14-10)7-3-4-15(2)6-7/h5,7,9,12H,3-4,6H2,1-2H3,(H,13,14)(H,16,17). The maximum atomic E-state index is 11.0. The number of carbonyl (C=O) groups is 1. The van der Waals surface area contributed by atoms with Gasteiger partial charge >= 0.3 is 5.97 Å². The Kier molecular flexibility index (Phi) is 3.44. The van der Waals surface area contributed by atoms with Gasteiger partial charge in [-0.1, -0.05) is 0 Å². The van der Waals surface area contributed by atoms with E-state index >= 15 is 0 Å². The highest BCUT2D eigenvalue weighted by Crippen LogP contribution is 2.25. The van der Waals surface area contributed by atoms with Crippen LogP contribution in [0.25, 0.3) is 0 Å². The third kappa shape index (κ3) is 2.48. The van der Waals surface area contributed by atoms with Gasteiger partial charge in [-0.3, -0.25) is 4.79 Å². The number of carboxylic acid groups (broad SMARTS) is 1. The van der Waals surface area contributed by atoms with E-state index in [1.807, 2.05) is 0 Å². The van der Waals surface area contributed by atoms with E-state index in [9.17, 15) is 4.79 Å². The van der Waals surface area contributed by atoms with Gasteiger partial charge in [-0.05, 0) is 27.1 Å². The number of aromatic nitrogens is 2. The lowest BCUT2D eigenvalue weighted by atomic mass is 10.1. The molecule has 6 nitrogen and oxygen atoms in total. The summed E-state index contributed by atoms with van der Waals surface area (Å²) in [6.45, 7) is 2.08. The molecule has 1 aliphatic heterocycles. The second-order valence-electron chi connectivity index (χ2n) is 4.53. The summed E-state index contributed by atoms with van der Waals surface area (Å²) in [6.07, 6.45) is 2.85. The number of nitrogens with zero attached hydrogens (tertiary/aromatic N) is 2. The molecule has 1 aromatic heterocycles. The number of hydrogen-bond donors (Lipinski definition) is 3. The Hall–Kier alpha value is -1.40. The van der Waals surface area contributed by atoms with E-state index < -0.39 is 12.0 Å². The quantitative estimate of drug-likeness (QED) is 0.697. The summed E-state index contributed by atoms with van der Waals surface area (Å²) in [7, 11) is 3.70. The summed E-state index contributed by atoms with van der Waals surface area (Å²) in [5.41, 5.74) is 1.03. The number of H-pyrrole nitrogens is 1. The highest BCUT2D eigenvalue weighted by Gasteiger charge is 2.25. The summed E-state index contributed by atoms with van der Waals surface area (Å²) in [5, 5.41) is 11.7. The van der Waals surface area contributed by atoms with E-state index in [1.54, 1.807) is 13.2 Å². The molecule has 0 aromatic carbocycles. The van der Waals surface area contributed by atoms with Crippen molar-refractivity contribution in [2.75, 3.05) is 27.2 Å². The summed E-state index contributed by atoms with van der Waals surface area (Å²) >= 11 is 0. The average Bonchev–Trinajstić information content (AvgIpc) is 2.87. The molecule has 2 heterocycles. The fourth-order valence-electron chi connectivity index (χ4n) is 2.27. The molecular formula is C11H18N4O2. The van der Waals surface area contributed by atoms with Gasteiger partial charge in [-0.15, -0.1) is 0 Å². The van der Waals surface area contributed by atoms with E-state index in [2.05, 4.69) is 27.2 Å². The molecule has 6 heteroatoms. The van der Waals surface area contributed by atoms with Crippen LogP contribution in [0, 0.1) is 0 Å². The van der Waals surface area contributed by atoms with Crippen LogP contribution in [-0.4, -0.2) is 53.1 Å². The van der Waals surface area contributed by atoms with Crippen LogP contribution in [-0.2, 0) is 4.79 Å². The normalized spacial score (nSPS) is 22.8. The van der Waals surface area contributed by atoms with Crippen molar-refractivity contribution >= 4 is 5.97 Å². The van der Waals surface area contributed by atoms with E-state index in [4.69, 9.17) is 5.11 Å². The first-order chi connectivity index (χ1) is 8.11. The lowest BCUT2D eigenvalue weighted by Crippen LogP contribution is -2.26. The van der Waals surface area contributed by atoms with Gasteiger partial charge in [0.2, 0.25) is 0 Å². The minimum Gasteiger partial charge on any atom is -0.480 e. The van der Waals surface area contributed by atoms with Crippen molar-refractivity contribution < 1.29 is 9.90 Å². The van der Waals surface area contributed by atoms with Crippen LogP contribution in [0.4, 0.5) is 0 Å². The number of aromatic amines is 1. The molecule has 1 aromatic rings. The minimum absolute atomic E-state index is 0.438. The topological polar surface area (TPSA) is 81.2 Å². The monoisotopic (exact) mass is 238 g/mol. The highest BCUT2D eigenvalue weighted by atomic mass is 16.4. The van der Waals surface area contributed by atoms with Crippen molar-refractivity contribution in [1.82, 2.24) is 20.2 Å². The smallest absolute Gasteiger partial charge is 0.328 e. The average molecular weight is 238 g/mol. The van der Waals surface area contributed by atoms with E-state index in [1.165, 1.54) is 0 Å². The molecule has 1 saturated heterocycles. The summed E-state index contributed by atoms with van der Waals surface area (Å²) in [5.74, 6) is -0.00551. The number of aliphatic carboxylic acids is 1. The molecular weight excluding hydrogens is 220 g/mol. The lowest BCUT2D eigenvalue weighted by Gasteiger charge is -2.09. The molecule has 1 fully saturated rings. The van der Waals surface area contributed by atoms with Crippen LogP contribution in [0.15, 0.2) is 6.20 Å². The molecule has 0 bridgehead atoms. The maximum Gasteiger partial charge on any atom is 0.328 e. The van der Waals surface area contributed by atoms with Gasteiger partial charge < -0.3 is 20.3 Å². The Morgan fingerprint density at radius 3 is 3.06 bits per heavy atom. The zero-order valence-corrected chi connectivity index (χ0v) is 10.1. The first-order valence-corrected chi connectivity index (χ1v) is 5.75. The Balaban J connectivity index is 2.12. The van der Waals surface area contributed by atoms with E-state index in [-0.39, 0.29) is 0 Å². The number of likely N-dealkylation sites (N-methyl/N-ethyl adjacent to an activating group) is 2. The number of nitrogens with one attached hydrogen (secondary N) is 2. The molecule has 3 N–H and O–H groups in total. The van der Waals surface area contributed by atoms with Gasteiger partial charge in [0.15, 0.2) is 6.04 Å². The molecule has 0 saturated carbocycles. The predicted octanol–water partition coefficient (Wildman–Crippen LogP) is 0.174. The van der Waals surface area contributed by atoms with Crippen molar-refractivity contribution in [2.45, 2.75) is 18.4 Å². The van der Waals surface area contributed by atoms with Crippen LogP contribution in [0.2, 0.25) is 0 Å². The summed E-state index contributed by atoms with van der Waals surface area (Å²) in [6, 6.07) is -0.761. The fourth-order valence-corrected chi connectivity index (χ4v) is 2.27. The number of rotatable bonds is 4. The zero-order valence-electron chi connectivity index (χ0n) is 10.1. The van der Waals surface area contributed by atoms with Crippen LogP contribution in [0.1, 0.15) is 29.9 Å². The largest absolute Gasteiger partial charge is 0.480 e. The second-order valence-corrected chi connectivity index (χ2v) is 4.53. The number of hydrogen-bond acceptors (Lipinski definition) is 4. The molecule has 1 aliphatic rings. The fraction of sp³-hybridized carbons (Fsp3) is 0.636. The Morgan fingerprint density at radius 2 is 2.53 bits per heavy atom. The molecule has 17 heavy (non-hydrogen) atoms. The highest BCUT2D eigenvalue weighted by molar-refractivity contribution is 5.74. The van der Waals surface area contributed by atoms with Gasteiger partial charge in [0.1, 0.15) is 5.82 Å². The number of likely N-dealkylation sites (tertiary alicyclic amines) is 1. The maximum absolute atomic E-state index is 11.0. The van der Waals surface area contributed by atoms with Gasteiger partial charge in [0, 0.05) is 24.4 Å². The molecule has 2 unspecified atom stereocenters. The zero-order chi connectivity index (χ0) is 12.4. The molecule has 0 radical (unpaired) electrons. The molecule has 0 aliphatic carbocycles. The summed E-state index contributed by atoms with van der Waals surface area (Å²) < 4.78 is 0. The van der Waals surface area contributed by atoms with Gasteiger partial charge in [0.25, 0.3) is 0 Å². The molecule has 2 atom stereocenters. The van der Waals surface area contributed by atoms with Crippen LogP contribution < -0.4 is 5.32 Å². The first-order valence-electron chi connectivity index (χ1n) is 5.75. The van der Waals surface area contributed by atoms with Crippen LogP contribution in [0.3, 0.4) is 0 Å². The second kappa shape index (κ2) is 4.85. The Morgan fingerprint density at radius 1 is 1.76 bits per heavy atom.